The zero-order chi connectivity index (χ0) is 24.4. The fourth-order valence-electron chi connectivity index (χ4n) is 5.47. The third-order valence-corrected chi connectivity index (χ3v) is 7.64. The molecule has 1 aliphatic heterocycles. The molecule has 5 rings (SSSR count). The molecular weight excluding hydrogens is 452 g/mol. The van der Waals surface area contributed by atoms with E-state index in [1.54, 1.807) is 6.20 Å². The molecule has 1 aromatic heterocycles. The molecule has 0 bridgehead atoms. The van der Waals surface area contributed by atoms with Crippen LogP contribution in [-0.4, -0.2) is 22.5 Å². The molecule has 0 spiro atoms. The highest BCUT2D eigenvalue weighted by molar-refractivity contribution is 6.30. The first-order chi connectivity index (χ1) is 17.0. The normalized spacial score (nSPS) is 20.1. The van der Waals surface area contributed by atoms with Gasteiger partial charge in [0.05, 0.1) is 5.02 Å². The first-order valence-corrected chi connectivity index (χ1v) is 12.9. The predicted octanol–water partition coefficient (Wildman–Crippen LogP) is 8.06. The van der Waals surface area contributed by atoms with Crippen molar-refractivity contribution in [3.8, 4) is 0 Å². The second-order valence-electron chi connectivity index (χ2n) is 9.73. The number of aromatic nitrogens is 1. The average molecular weight is 485 g/mol. The zero-order valence-electron chi connectivity index (χ0n) is 20.2. The minimum Gasteiger partial charge on any atom is -0.372 e. The largest absolute Gasteiger partial charge is 0.372 e. The molecule has 2 fully saturated rings. The van der Waals surface area contributed by atoms with E-state index in [-0.39, 0.29) is 0 Å². The number of pyridine rings is 1. The van der Waals surface area contributed by atoms with Crippen molar-refractivity contribution in [3.63, 3.8) is 0 Å². The highest BCUT2D eigenvalue weighted by atomic mass is 35.5. The van der Waals surface area contributed by atoms with Crippen molar-refractivity contribution in [2.45, 2.75) is 44.6 Å². The van der Waals surface area contributed by atoms with Crippen molar-refractivity contribution in [2.75, 3.05) is 17.2 Å². The van der Waals surface area contributed by atoms with Crippen molar-refractivity contribution in [1.29, 1.82) is 0 Å². The summed E-state index contributed by atoms with van der Waals surface area (Å²) >= 11 is 6.00. The van der Waals surface area contributed by atoms with Gasteiger partial charge in [-0.25, -0.2) is 4.98 Å². The number of rotatable bonds is 7. The van der Waals surface area contributed by atoms with Gasteiger partial charge < -0.3 is 15.5 Å². The molecule has 0 amide bonds. The molecule has 2 N–H and O–H groups in total. The Morgan fingerprint density at radius 3 is 2.37 bits per heavy atom. The van der Waals surface area contributed by atoms with E-state index in [9.17, 15) is 0 Å². The third kappa shape index (κ3) is 5.23. The summed E-state index contributed by atoms with van der Waals surface area (Å²) in [5.41, 5.74) is 5.20. The van der Waals surface area contributed by atoms with E-state index in [0.29, 0.717) is 22.8 Å². The molecule has 1 saturated carbocycles. The number of benzene rings is 2. The van der Waals surface area contributed by atoms with Gasteiger partial charge in [-0.1, -0.05) is 55.6 Å². The summed E-state index contributed by atoms with van der Waals surface area (Å²) in [4.78, 5) is 6.91. The summed E-state index contributed by atoms with van der Waals surface area (Å²) in [6.45, 7) is 14.2. The monoisotopic (exact) mass is 484 g/mol. The lowest BCUT2D eigenvalue weighted by Crippen LogP contribution is -2.35. The zero-order valence-corrected chi connectivity index (χ0v) is 21.0. The minimum absolute atomic E-state index is 0.459. The Labute approximate surface area is 213 Å². The number of nitrogens with zero attached hydrogens (tertiary/aromatic N) is 2. The second-order valence-corrected chi connectivity index (χ2v) is 10.2. The molecule has 1 saturated heterocycles. The SMILES string of the molecule is C=C(Nc1ccc(Cl)cn1)c1cc2ccccc2cc1NC(=C)C1CCC(N2CCCC2=C)CC1. The van der Waals surface area contributed by atoms with Gasteiger partial charge in [0.2, 0.25) is 0 Å². The molecule has 2 aliphatic rings. The quantitative estimate of drug-likeness (QED) is 0.355. The molecule has 2 heterocycles. The van der Waals surface area contributed by atoms with E-state index in [2.05, 4.69) is 76.7 Å². The number of allylic oxidation sites excluding steroid dienone is 2. The van der Waals surface area contributed by atoms with Crippen LogP contribution in [0.5, 0.6) is 0 Å². The van der Waals surface area contributed by atoms with Gasteiger partial charge in [0.1, 0.15) is 5.82 Å². The molecule has 2 aromatic carbocycles. The first-order valence-electron chi connectivity index (χ1n) is 12.5. The Morgan fingerprint density at radius 1 is 0.971 bits per heavy atom. The summed E-state index contributed by atoms with van der Waals surface area (Å²) in [6.07, 6.45) is 8.74. The van der Waals surface area contributed by atoms with Crippen molar-refractivity contribution in [1.82, 2.24) is 9.88 Å². The highest BCUT2D eigenvalue weighted by Crippen LogP contribution is 2.37. The molecule has 180 valence electrons. The minimum atomic E-state index is 0.459. The number of halogens is 1. The lowest BCUT2D eigenvalue weighted by atomic mass is 9.83. The van der Waals surface area contributed by atoms with Gasteiger partial charge in [-0.15, -0.1) is 0 Å². The van der Waals surface area contributed by atoms with E-state index < -0.39 is 0 Å². The predicted molar refractivity (Wildman–Crippen MR) is 149 cm³/mol. The van der Waals surface area contributed by atoms with E-state index in [0.717, 1.165) is 47.3 Å². The maximum atomic E-state index is 6.00. The molecule has 0 unspecified atom stereocenters. The number of likely N-dealkylation sites (tertiary alicyclic amines) is 1. The number of anilines is 2. The van der Waals surface area contributed by atoms with Crippen LogP contribution in [0.2, 0.25) is 5.02 Å². The second kappa shape index (κ2) is 10.2. The molecule has 0 radical (unpaired) electrons. The van der Waals surface area contributed by atoms with Crippen LogP contribution in [0.1, 0.15) is 44.1 Å². The standard InChI is InChI=1S/C30H33ClN4/c1-20-7-6-16-35(20)27-13-10-23(11-14-27)21(2)33-29-18-25-9-5-4-8-24(25)17-28(29)22(3)34-30-15-12-26(31)19-32-30/h4-5,8-9,12,15,17-19,23,27,33H,1-3,6-7,10-11,13-14,16H2,(H,32,34). The lowest BCUT2D eigenvalue weighted by Gasteiger charge is -2.37. The molecule has 1 aliphatic carbocycles. The summed E-state index contributed by atoms with van der Waals surface area (Å²) in [6, 6.07) is 17.1. The fraction of sp³-hybridized carbons (Fsp3) is 0.300. The maximum Gasteiger partial charge on any atom is 0.130 e. The van der Waals surface area contributed by atoms with Crippen molar-refractivity contribution in [3.05, 3.63) is 96.4 Å². The van der Waals surface area contributed by atoms with Crippen LogP contribution in [0.3, 0.4) is 0 Å². The summed E-state index contributed by atoms with van der Waals surface area (Å²) in [5, 5.41) is 9.96. The van der Waals surface area contributed by atoms with Crippen molar-refractivity contribution in [2.24, 2.45) is 5.92 Å². The molecule has 35 heavy (non-hydrogen) atoms. The van der Waals surface area contributed by atoms with Crippen LogP contribution in [-0.2, 0) is 0 Å². The van der Waals surface area contributed by atoms with Gasteiger partial charge in [-0.2, -0.15) is 0 Å². The lowest BCUT2D eigenvalue weighted by molar-refractivity contribution is 0.202. The molecule has 5 heteroatoms. The van der Waals surface area contributed by atoms with Crippen LogP contribution in [0.15, 0.2) is 85.9 Å². The van der Waals surface area contributed by atoms with E-state index >= 15 is 0 Å². The Hall–Kier alpha value is -3.24. The number of fused-ring (bicyclic) bond motifs is 1. The average Bonchev–Trinajstić information content (AvgIpc) is 3.30. The van der Waals surface area contributed by atoms with Crippen LogP contribution in [0.4, 0.5) is 11.5 Å². The number of hydrogen-bond donors (Lipinski definition) is 2. The molecule has 0 atom stereocenters. The van der Waals surface area contributed by atoms with Crippen molar-refractivity contribution < 1.29 is 0 Å². The Bertz CT molecular complexity index is 1260. The van der Waals surface area contributed by atoms with Crippen molar-refractivity contribution >= 4 is 39.6 Å². The number of nitrogens with one attached hydrogen (secondary N) is 2. The van der Waals surface area contributed by atoms with Gasteiger partial charge >= 0.3 is 0 Å². The van der Waals surface area contributed by atoms with Gasteiger partial charge in [0.15, 0.2) is 0 Å². The molecule has 4 nitrogen and oxygen atoms in total. The summed E-state index contributed by atoms with van der Waals surface area (Å²) in [7, 11) is 0. The summed E-state index contributed by atoms with van der Waals surface area (Å²) < 4.78 is 0. The highest BCUT2D eigenvalue weighted by Gasteiger charge is 2.29. The van der Waals surface area contributed by atoms with Gasteiger partial charge in [-0.05, 0) is 79.5 Å². The third-order valence-electron chi connectivity index (χ3n) is 7.41. The van der Waals surface area contributed by atoms with Gasteiger partial charge in [0, 0.05) is 47.1 Å². The van der Waals surface area contributed by atoms with E-state index in [1.165, 1.54) is 36.9 Å². The van der Waals surface area contributed by atoms with E-state index in [4.69, 9.17) is 11.6 Å². The smallest absolute Gasteiger partial charge is 0.130 e. The Kier molecular flexibility index (Phi) is 6.83. The first kappa shape index (κ1) is 23.5. The number of hydrogen-bond acceptors (Lipinski definition) is 4. The topological polar surface area (TPSA) is 40.2 Å². The van der Waals surface area contributed by atoms with Crippen LogP contribution in [0, 0.1) is 5.92 Å². The van der Waals surface area contributed by atoms with Gasteiger partial charge in [0.25, 0.3) is 0 Å². The molecular formula is C30H33ClN4. The molecule has 3 aromatic rings. The summed E-state index contributed by atoms with van der Waals surface area (Å²) in [5.74, 6) is 1.17. The van der Waals surface area contributed by atoms with Crippen LogP contribution >= 0.6 is 11.6 Å². The van der Waals surface area contributed by atoms with E-state index in [1.807, 2.05) is 12.1 Å². The Morgan fingerprint density at radius 2 is 1.71 bits per heavy atom. The van der Waals surface area contributed by atoms with Gasteiger partial charge in [-0.3, -0.25) is 0 Å². The Balaban J connectivity index is 1.33. The van der Waals surface area contributed by atoms with Crippen LogP contribution in [0.25, 0.3) is 16.5 Å². The van der Waals surface area contributed by atoms with Crippen LogP contribution < -0.4 is 10.6 Å². The maximum absolute atomic E-state index is 6.00. The fourth-order valence-corrected chi connectivity index (χ4v) is 5.58.